The minimum Gasteiger partial charge on any atom is -0.0866 e. The van der Waals surface area contributed by atoms with Gasteiger partial charge in [0.05, 0.1) is 12.1 Å². The molecule has 6 nitrogen and oxygen atoms in total. The summed E-state index contributed by atoms with van der Waals surface area (Å²) in [5.41, 5.74) is 16.3. The first-order valence-electron chi connectivity index (χ1n) is 3.63. The van der Waals surface area contributed by atoms with Crippen LogP contribution in [0.1, 0.15) is 12.8 Å². The maximum absolute atomic E-state index is 8.13. The molecule has 6 heteroatoms. The Morgan fingerprint density at radius 3 is 1.67 bits per heavy atom. The van der Waals surface area contributed by atoms with Gasteiger partial charge in [0.25, 0.3) is 0 Å². The number of azide groups is 2. The lowest BCUT2D eigenvalue weighted by Crippen LogP contribution is -2.12. The summed E-state index contributed by atoms with van der Waals surface area (Å²) in [6.07, 6.45) is 5.07. The minimum atomic E-state index is -0.0693. The molecule has 0 saturated carbocycles. The van der Waals surface area contributed by atoms with Crippen LogP contribution in [-0.2, 0) is 0 Å². The van der Waals surface area contributed by atoms with Crippen LogP contribution in [0.5, 0.6) is 0 Å². The molecule has 0 saturated heterocycles. The van der Waals surface area contributed by atoms with E-state index in [1.54, 1.807) is 12.2 Å². The molecule has 0 aliphatic heterocycles. The summed E-state index contributed by atoms with van der Waals surface area (Å²) in [5.74, 6) is 0. The first kappa shape index (κ1) is 8.46. The van der Waals surface area contributed by atoms with E-state index in [4.69, 9.17) is 11.1 Å². The van der Waals surface area contributed by atoms with E-state index in [-0.39, 0.29) is 12.1 Å². The van der Waals surface area contributed by atoms with E-state index >= 15 is 0 Å². The summed E-state index contributed by atoms with van der Waals surface area (Å²) in [6.45, 7) is 0. The lowest BCUT2D eigenvalue weighted by Gasteiger charge is -2.14. The van der Waals surface area contributed by atoms with Gasteiger partial charge >= 0.3 is 0 Å². The quantitative estimate of drug-likeness (QED) is 0.259. The highest BCUT2D eigenvalue weighted by Crippen LogP contribution is 2.16. The summed E-state index contributed by atoms with van der Waals surface area (Å²) in [5, 5.41) is 7.07. The lowest BCUT2D eigenvalue weighted by atomic mass is 10.0. The fourth-order valence-electron chi connectivity index (χ4n) is 1.12. The molecule has 0 spiro atoms. The SMILES string of the molecule is [N-]=[N+]=N[C@@H]1C=C[C@H](N=[N+]=[N-])CC1. The Balaban J connectivity index is 2.58. The van der Waals surface area contributed by atoms with Crippen LogP contribution in [0, 0.1) is 0 Å². The van der Waals surface area contributed by atoms with Crippen molar-refractivity contribution in [1.29, 1.82) is 0 Å². The normalized spacial score (nSPS) is 27.0. The van der Waals surface area contributed by atoms with Crippen LogP contribution in [0.25, 0.3) is 20.9 Å². The smallest absolute Gasteiger partial charge is 0.0555 e. The van der Waals surface area contributed by atoms with Gasteiger partial charge in [-0.15, -0.1) is 0 Å². The Hall–Kier alpha value is -1.64. The Morgan fingerprint density at radius 1 is 1.00 bits per heavy atom. The highest BCUT2D eigenvalue weighted by Gasteiger charge is 2.12. The van der Waals surface area contributed by atoms with Crippen LogP contribution in [-0.4, -0.2) is 12.1 Å². The Morgan fingerprint density at radius 2 is 1.42 bits per heavy atom. The number of nitrogens with zero attached hydrogens (tertiary/aromatic N) is 6. The molecule has 0 N–H and O–H groups in total. The zero-order chi connectivity index (χ0) is 8.81. The van der Waals surface area contributed by atoms with Gasteiger partial charge in [-0.25, -0.2) is 0 Å². The highest BCUT2D eigenvalue weighted by atomic mass is 15.2. The van der Waals surface area contributed by atoms with Gasteiger partial charge < -0.3 is 0 Å². The van der Waals surface area contributed by atoms with E-state index in [2.05, 4.69) is 20.1 Å². The fourth-order valence-corrected chi connectivity index (χ4v) is 1.12. The second-order valence-corrected chi connectivity index (χ2v) is 2.51. The summed E-state index contributed by atoms with van der Waals surface area (Å²) in [7, 11) is 0. The zero-order valence-corrected chi connectivity index (χ0v) is 6.41. The summed E-state index contributed by atoms with van der Waals surface area (Å²) >= 11 is 0. The van der Waals surface area contributed by atoms with Gasteiger partial charge in [-0.05, 0) is 23.9 Å². The van der Waals surface area contributed by atoms with E-state index in [0.717, 1.165) is 12.8 Å². The van der Waals surface area contributed by atoms with Crippen LogP contribution >= 0.6 is 0 Å². The first-order chi connectivity index (χ1) is 5.86. The molecule has 62 valence electrons. The van der Waals surface area contributed by atoms with Crippen LogP contribution in [0.2, 0.25) is 0 Å². The van der Waals surface area contributed by atoms with Crippen LogP contribution in [0.4, 0.5) is 0 Å². The third-order valence-electron chi connectivity index (χ3n) is 1.71. The maximum atomic E-state index is 8.13. The topological polar surface area (TPSA) is 97.5 Å². The van der Waals surface area contributed by atoms with Crippen molar-refractivity contribution in [2.24, 2.45) is 10.2 Å². The Kier molecular flexibility index (Phi) is 3.02. The van der Waals surface area contributed by atoms with Gasteiger partial charge in [0.15, 0.2) is 0 Å². The van der Waals surface area contributed by atoms with Crippen molar-refractivity contribution in [2.45, 2.75) is 24.9 Å². The predicted octanol–water partition coefficient (Wildman–Crippen LogP) is 2.69. The van der Waals surface area contributed by atoms with Gasteiger partial charge in [-0.3, -0.25) is 0 Å². The van der Waals surface area contributed by atoms with Crippen molar-refractivity contribution < 1.29 is 0 Å². The van der Waals surface area contributed by atoms with Crippen molar-refractivity contribution in [3.05, 3.63) is 33.0 Å². The number of rotatable bonds is 2. The third-order valence-corrected chi connectivity index (χ3v) is 1.71. The molecular weight excluding hydrogens is 156 g/mol. The van der Waals surface area contributed by atoms with E-state index in [0.29, 0.717) is 0 Å². The van der Waals surface area contributed by atoms with Crippen molar-refractivity contribution in [2.75, 3.05) is 0 Å². The molecule has 0 heterocycles. The number of hydrogen-bond acceptors (Lipinski definition) is 2. The summed E-state index contributed by atoms with van der Waals surface area (Å²) < 4.78 is 0. The van der Waals surface area contributed by atoms with Crippen molar-refractivity contribution in [1.82, 2.24) is 0 Å². The zero-order valence-electron chi connectivity index (χ0n) is 6.41. The van der Waals surface area contributed by atoms with Crippen LogP contribution in [0.3, 0.4) is 0 Å². The van der Waals surface area contributed by atoms with Crippen molar-refractivity contribution in [3.8, 4) is 0 Å². The number of hydrogen-bond donors (Lipinski definition) is 0. The standard InChI is InChI=1S/C6H8N6/c7-11-9-5-1-2-6(4-3-5)10-12-8/h1-2,5-6H,3-4H2/t5-,6+. The molecule has 2 atom stereocenters. The van der Waals surface area contributed by atoms with Crippen LogP contribution < -0.4 is 0 Å². The average Bonchev–Trinajstić information content (AvgIpc) is 2.09. The second-order valence-electron chi connectivity index (χ2n) is 2.51. The Labute approximate surface area is 69.1 Å². The maximum Gasteiger partial charge on any atom is 0.0555 e. The molecule has 1 aliphatic rings. The lowest BCUT2D eigenvalue weighted by molar-refractivity contribution is 0.586. The van der Waals surface area contributed by atoms with Gasteiger partial charge in [-0.1, -0.05) is 22.4 Å². The van der Waals surface area contributed by atoms with Gasteiger partial charge in [0.2, 0.25) is 0 Å². The Bertz CT molecular complexity index is 242. The van der Waals surface area contributed by atoms with Gasteiger partial charge in [0, 0.05) is 9.82 Å². The predicted molar refractivity (Wildman–Crippen MR) is 44.2 cm³/mol. The van der Waals surface area contributed by atoms with E-state index in [1.807, 2.05) is 0 Å². The highest BCUT2D eigenvalue weighted by molar-refractivity contribution is 5.05. The molecule has 0 fully saturated rings. The molecule has 12 heavy (non-hydrogen) atoms. The molecule has 0 aromatic heterocycles. The molecule has 0 aromatic carbocycles. The van der Waals surface area contributed by atoms with Gasteiger partial charge in [-0.2, -0.15) is 0 Å². The van der Waals surface area contributed by atoms with Crippen molar-refractivity contribution >= 4 is 0 Å². The molecule has 0 bridgehead atoms. The molecule has 0 amide bonds. The largest absolute Gasteiger partial charge is 0.0866 e. The van der Waals surface area contributed by atoms with Crippen LogP contribution in [0.15, 0.2) is 22.4 Å². The molecule has 0 unspecified atom stereocenters. The molecule has 0 aromatic rings. The van der Waals surface area contributed by atoms with E-state index < -0.39 is 0 Å². The van der Waals surface area contributed by atoms with Crippen molar-refractivity contribution in [3.63, 3.8) is 0 Å². The second kappa shape index (κ2) is 4.28. The third kappa shape index (κ3) is 2.20. The summed E-state index contributed by atoms with van der Waals surface area (Å²) in [4.78, 5) is 5.40. The molecule has 1 aliphatic carbocycles. The van der Waals surface area contributed by atoms with Gasteiger partial charge in [0.1, 0.15) is 0 Å². The monoisotopic (exact) mass is 164 g/mol. The average molecular weight is 164 g/mol. The molecule has 0 radical (unpaired) electrons. The first-order valence-corrected chi connectivity index (χ1v) is 3.63. The molecular formula is C6H8N6. The van der Waals surface area contributed by atoms with E-state index in [9.17, 15) is 0 Å². The van der Waals surface area contributed by atoms with E-state index in [1.165, 1.54) is 0 Å². The minimum absolute atomic E-state index is 0.0693. The summed E-state index contributed by atoms with van der Waals surface area (Å²) in [6, 6.07) is -0.139. The molecule has 1 rings (SSSR count). The fraction of sp³-hybridized carbons (Fsp3) is 0.667.